The second-order valence-electron chi connectivity index (χ2n) is 7.68. The molecule has 172 valence electrons. The molecule has 32 heavy (non-hydrogen) atoms. The van der Waals surface area contributed by atoms with Gasteiger partial charge in [-0.15, -0.1) is 0 Å². The zero-order chi connectivity index (χ0) is 23.6. The minimum absolute atomic E-state index is 0.0407. The van der Waals surface area contributed by atoms with Crippen LogP contribution in [-0.2, 0) is 11.0 Å². The van der Waals surface area contributed by atoms with Crippen LogP contribution in [-0.4, -0.2) is 57.8 Å². The van der Waals surface area contributed by atoms with Crippen molar-refractivity contribution in [1.29, 1.82) is 0 Å². The van der Waals surface area contributed by atoms with Gasteiger partial charge < -0.3 is 15.1 Å². The molecule has 2 aromatic rings. The van der Waals surface area contributed by atoms with Crippen LogP contribution in [0.1, 0.15) is 47.8 Å². The lowest BCUT2D eigenvalue weighted by molar-refractivity contribution is -0.138. The number of hydrogen-bond donors (Lipinski definition) is 1. The molecule has 1 aromatic carbocycles. The largest absolute Gasteiger partial charge is 0.416 e. The number of nitrogens with one attached hydrogen (secondary N) is 1. The molecule has 0 aliphatic carbocycles. The van der Waals surface area contributed by atoms with Gasteiger partial charge in [0.05, 0.1) is 23.2 Å². The molecule has 1 aliphatic rings. The second kappa shape index (κ2) is 9.09. The molecule has 0 spiro atoms. The van der Waals surface area contributed by atoms with E-state index in [4.69, 9.17) is 0 Å². The van der Waals surface area contributed by atoms with E-state index in [1.54, 1.807) is 16.8 Å². The van der Waals surface area contributed by atoms with Gasteiger partial charge in [0.25, 0.3) is 5.91 Å². The normalized spacial score (nSPS) is 17.2. The van der Waals surface area contributed by atoms with Crippen molar-refractivity contribution in [1.82, 2.24) is 19.8 Å². The van der Waals surface area contributed by atoms with Gasteiger partial charge in [0.2, 0.25) is 11.9 Å². The first-order chi connectivity index (χ1) is 15.0. The van der Waals surface area contributed by atoms with Crippen LogP contribution in [0.2, 0.25) is 0 Å². The van der Waals surface area contributed by atoms with Crippen molar-refractivity contribution in [3.63, 3.8) is 0 Å². The SMILES string of the molecule is CC(=O)N(C)C1CCN(C(=O)c2cnc(NC(C)c3c(F)cccc3C(F)(F)F)nc2)C1. The third-order valence-corrected chi connectivity index (χ3v) is 5.53. The first-order valence-corrected chi connectivity index (χ1v) is 9.96. The van der Waals surface area contributed by atoms with Gasteiger partial charge in [-0.3, -0.25) is 9.59 Å². The van der Waals surface area contributed by atoms with Crippen LogP contribution in [0.5, 0.6) is 0 Å². The Morgan fingerprint density at radius 2 is 1.91 bits per heavy atom. The number of rotatable bonds is 5. The van der Waals surface area contributed by atoms with Gasteiger partial charge in [-0.05, 0) is 25.5 Å². The molecule has 1 aliphatic heterocycles. The van der Waals surface area contributed by atoms with Gasteiger partial charge in [0.1, 0.15) is 5.82 Å². The van der Waals surface area contributed by atoms with Crippen LogP contribution in [0.25, 0.3) is 0 Å². The van der Waals surface area contributed by atoms with Gasteiger partial charge in [-0.2, -0.15) is 13.2 Å². The second-order valence-corrected chi connectivity index (χ2v) is 7.68. The Morgan fingerprint density at radius 1 is 1.25 bits per heavy atom. The van der Waals surface area contributed by atoms with E-state index < -0.39 is 29.2 Å². The standard InChI is InChI=1S/C21H23F4N5O2/c1-12(18-16(21(23,24)25)5-4-6-17(18)22)28-20-26-9-14(10-27-20)19(32)30-8-7-15(11-30)29(3)13(2)31/h4-6,9-10,12,15H,7-8,11H2,1-3H3,(H,26,27,28). The number of anilines is 1. The molecule has 1 fully saturated rings. The smallest absolute Gasteiger partial charge is 0.348 e. The predicted octanol–water partition coefficient (Wildman–Crippen LogP) is 3.50. The fourth-order valence-corrected chi connectivity index (χ4v) is 3.69. The molecule has 2 amide bonds. The summed E-state index contributed by atoms with van der Waals surface area (Å²) in [4.78, 5) is 35.4. The van der Waals surface area contributed by atoms with Crippen molar-refractivity contribution < 1.29 is 27.2 Å². The predicted molar refractivity (Wildman–Crippen MR) is 108 cm³/mol. The molecule has 2 atom stereocenters. The third-order valence-electron chi connectivity index (χ3n) is 5.53. The first-order valence-electron chi connectivity index (χ1n) is 9.96. The molecule has 1 saturated heterocycles. The molecule has 1 N–H and O–H groups in total. The lowest BCUT2D eigenvalue weighted by Crippen LogP contribution is -2.39. The highest BCUT2D eigenvalue weighted by Crippen LogP contribution is 2.36. The highest BCUT2D eigenvalue weighted by Gasteiger charge is 2.36. The molecule has 7 nitrogen and oxygen atoms in total. The van der Waals surface area contributed by atoms with Gasteiger partial charge >= 0.3 is 6.18 Å². The van der Waals surface area contributed by atoms with Crippen molar-refractivity contribution in [2.24, 2.45) is 0 Å². The Labute approximate surface area is 182 Å². The van der Waals surface area contributed by atoms with Crippen LogP contribution in [0.3, 0.4) is 0 Å². The quantitative estimate of drug-likeness (QED) is 0.702. The summed E-state index contributed by atoms with van der Waals surface area (Å²) in [5.41, 5.74) is -1.42. The number of amides is 2. The lowest BCUT2D eigenvalue weighted by Gasteiger charge is -2.23. The summed E-state index contributed by atoms with van der Waals surface area (Å²) < 4.78 is 53.9. The van der Waals surface area contributed by atoms with Crippen LogP contribution in [0.15, 0.2) is 30.6 Å². The van der Waals surface area contributed by atoms with Crippen molar-refractivity contribution in [2.75, 3.05) is 25.5 Å². The van der Waals surface area contributed by atoms with E-state index in [1.165, 1.54) is 26.2 Å². The summed E-state index contributed by atoms with van der Waals surface area (Å²) >= 11 is 0. The fraction of sp³-hybridized carbons (Fsp3) is 0.429. The molecular formula is C21H23F4N5O2. The minimum atomic E-state index is -4.71. The number of carbonyl (C=O) groups excluding carboxylic acids is 2. The first kappa shape index (κ1) is 23.4. The molecule has 2 heterocycles. The van der Waals surface area contributed by atoms with Gasteiger partial charge in [0.15, 0.2) is 0 Å². The van der Waals surface area contributed by atoms with Gasteiger partial charge in [-0.1, -0.05) is 6.07 Å². The summed E-state index contributed by atoms with van der Waals surface area (Å²) in [6.45, 7) is 3.70. The maximum atomic E-state index is 14.2. The van der Waals surface area contributed by atoms with Gasteiger partial charge in [-0.25, -0.2) is 14.4 Å². The van der Waals surface area contributed by atoms with Crippen molar-refractivity contribution >= 4 is 17.8 Å². The Balaban J connectivity index is 1.70. The molecule has 0 saturated carbocycles. The summed E-state index contributed by atoms with van der Waals surface area (Å²) in [6.07, 6.45) is -1.53. The Morgan fingerprint density at radius 3 is 2.50 bits per heavy atom. The topological polar surface area (TPSA) is 78.4 Å². The lowest BCUT2D eigenvalue weighted by atomic mass is 10.0. The number of benzene rings is 1. The van der Waals surface area contributed by atoms with Crippen LogP contribution < -0.4 is 5.32 Å². The molecule has 3 rings (SSSR count). The van der Waals surface area contributed by atoms with E-state index in [-0.39, 0.29) is 29.4 Å². The van der Waals surface area contributed by atoms with E-state index in [1.807, 2.05) is 0 Å². The average Bonchev–Trinajstić information content (AvgIpc) is 3.22. The van der Waals surface area contributed by atoms with Crippen LogP contribution >= 0.6 is 0 Å². The van der Waals surface area contributed by atoms with E-state index in [9.17, 15) is 27.2 Å². The monoisotopic (exact) mass is 453 g/mol. The summed E-state index contributed by atoms with van der Waals surface area (Å²) in [7, 11) is 1.69. The molecule has 2 unspecified atom stereocenters. The van der Waals surface area contributed by atoms with E-state index >= 15 is 0 Å². The minimum Gasteiger partial charge on any atom is -0.348 e. The summed E-state index contributed by atoms with van der Waals surface area (Å²) in [5, 5.41) is 2.65. The molecule has 1 aromatic heterocycles. The number of likely N-dealkylation sites (N-methyl/N-ethyl adjacent to an activating group) is 1. The maximum Gasteiger partial charge on any atom is 0.416 e. The van der Waals surface area contributed by atoms with Gasteiger partial charge in [0, 0.05) is 45.0 Å². The molecule has 0 bridgehead atoms. The number of nitrogens with zero attached hydrogens (tertiary/aromatic N) is 4. The zero-order valence-electron chi connectivity index (χ0n) is 17.8. The number of hydrogen-bond acceptors (Lipinski definition) is 5. The summed E-state index contributed by atoms with van der Waals surface area (Å²) in [6, 6.07) is 1.63. The number of likely N-dealkylation sites (tertiary alicyclic amines) is 1. The number of aromatic nitrogens is 2. The van der Waals surface area contributed by atoms with Crippen molar-refractivity contribution in [3.05, 3.63) is 53.1 Å². The summed E-state index contributed by atoms with van der Waals surface area (Å²) in [5.74, 6) is -1.43. The maximum absolute atomic E-state index is 14.2. The number of halogens is 4. The Bertz CT molecular complexity index is 997. The molecular weight excluding hydrogens is 430 g/mol. The van der Waals surface area contributed by atoms with Crippen molar-refractivity contribution in [3.8, 4) is 0 Å². The van der Waals surface area contributed by atoms with E-state index in [2.05, 4.69) is 15.3 Å². The zero-order valence-corrected chi connectivity index (χ0v) is 17.8. The van der Waals surface area contributed by atoms with Crippen LogP contribution in [0.4, 0.5) is 23.5 Å². The Kier molecular flexibility index (Phi) is 6.65. The fourth-order valence-electron chi connectivity index (χ4n) is 3.69. The highest BCUT2D eigenvalue weighted by atomic mass is 19.4. The van der Waals surface area contributed by atoms with Crippen LogP contribution in [0, 0.1) is 5.82 Å². The number of carbonyl (C=O) groups is 2. The Hall–Kier alpha value is -3.24. The van der Waals surface area contributed by atoms with Crippen molar-refractivity contribution in [2.45, 2.75) is 38.5 Å². The van der Waals surface area contributed by atoms with E-state index in [0.717, 1.165) is 18.2 Å². The van der Waals surface area contributed by atoms with E-state index in [0.29, 0.717) is 19.5 Å². The highest BCUT2D eigenvalue weighted by molar-refractivity contribution is 5.94. The molecule has 11 heteroatoms. The number of alkyl halides is 3. The average molecular weight is 453 g/mol. The third kappa shape index (κ3) is 4.97. The molecule has 0 radical (unpaired) electrons.